The van der Waals surface area contributed by atoms with Crippen LogP contribution in [0.4, 0.5) is 0 Å². The van der Waals surface area contributed by atoms with Gasteiger partial charge in [-0.2, -0.15) is 0 Å². The van der Waals surface area contributed by atoms with E-state index in [1.807, 2.05) is 32.2 Å². The van der Waals surface area contributed by atoms with E-state index < -0.39 is 0 Å². The molecule has 0 aliphatic rings. The highest BCUT2D eigenvalue weighted by molar-refractivity contribution is 9.10. The van der Waals surface area contributed by atoms with Crippen LogP contribution in [0.3, 0.4) is 0 Å². The van der Waals surface area contributed by atoms with E-state index in [4.69, 9.17) is 0 Å². The molecule has 1 heterocycles. The molecule has 0 unspecified atom stereocenters. The summed E-state index contributed by atoms with van der Waals surface area (Å²) in [5.41, 5.74) is 3.23. The number of hydrogen-bond donors (Lipinski definition) is 2. The zero-order valence-electron chi connectivity index (χ0n) is 9.34. The average Bonchev–Trinajstić information content (AvgIpc) is 2.61. The van der Waals surface area contributed by atoms with Crippen molar-refractivity contribution in [2.45, 2.75) is 13.5 Å². The smallest absolute Gasteiger partial charge is 0.121 e. The van der Waals surface area contributed by atoms with Crippen LogP contribution in [0.2, 0.25) is 0 Å². The number of aromatic nitrogens is 2. The van der Waals surface area contributed by atoms with Crippen LogP contribution in [0, 0.1) is 6.92 Å². The summed E-state index contributed by atoms with van der Waals surface area (Å²) < 4.78 is 1.07. The van der Waals surface area contributed by atoms with Crippen LogP contribution in [0.15, 0.2) is 28.7 Å². The number of rotatable bonds is 3. The van der Waals surface area contributed by atoms with Gasteiger partial charge in [-0.1, -0.05) is 34.1 Å². The Hall–Kier alpha value is -1.13. The number of nitrogens with one attached hydrogen (secondary N) is 2. The largest absolute Gasteiger partial charge is 0.344 e. The Kier molecular flexibility index (Phi) is 3.41. The van der Waals surface area contributed by atoms with Gasteiger partial charge in [0.2, 0.25) is 0 Å². The van der Waals surface area contributed by atoms with E-state index in [1.165, 1.54) is 0 Å². The number of nitrogens with zero attached hydrogens (tertiary/aromatic N) is 1. The fraction of sp³-hybridized carbons (Fsp3) is 0.250. The summed E-state index contributed by atoms with van der Waals surface area (Å²) in [6.45, 7) is 2.80. The second kappa shape index (κ2) is 4.80. The minimum atomic E-state index is 0.755. The van der Waals surface area contributed by atoms with E-state index in [9.17, 15) is 0 Å². The minimum Gasteiger partial charge on any atom is -0.344 e. The van der Waals surface area contributed by atoms with Gasteiger partial charge in [-0.3, -0.25) is 0 Å². The van der Waals surface area contributed by atoms with Gasteiger partial charge < -0.3 is 10.3 Å². The van der Waals surface area contributed by atoms with Gasteiger partial charge >= 0.3 is 0 Å². The highest BCUT2D eigenvalue weighted by Gasteiger charge is 2.10. The van der Waals surface area contributed by atoms with Crippen LogP contribution in [0.1, 0.15) is 11.5 Å². The number of aromatic amines is 1. The van der Waals surface area contributed by atoms with Gasteiger partial charge in [0.15, 0.2) is 0 Å². The third kappa shape index (κ3) is 2.18. The molecule has 0 saturated carbocycles. The highest BCUT2D eigenvalue weighted by Crippen LogP contribution is 2.28. The lowest BCUT2D eigenvalue weighted by molar-refractivity contribution is 0.770. The minimum absolute atomic E-state index is 0.755. The van der Waals surface area contributed by atoms with Crippen molar-refractivity contribution < 1.29 is 0 Å². The molecule has 0 bridgehead atoms. The molecule has 0 fully saturated rings. The van der Waals surface area contributed by atoms with Crippen LogP contribution in [-0.4, -0.2) is 17.0 Å². The molecule has 0 atom stereocenters. The molecule has 1 aromatic heterocycles. The van der Waals surface area contributed by atoms with Crippen molar-refractivity contribution in [2.24, 2.45) is 0 Å². The third-order valence-electron chi connectivity index (χ3n) is 2.41. The SMILES string of the molecule is CNCc1nc(-c2ccccc2Br)c(C)[nH]1. The Morgan fingerprint density at radius 2 is 2.12 bits per heavy atom. The van der Waals surface area contributed by atoms with Gasteiger partial charge in [-0.15, -0.1) is 0 Å². The molecule has 84 valence electrons. The van der Waals surface area contributed by atoms with E-state index in [-0.39, 0.29) is 0 Å². The average molecular weight is 280 g/mol. The first kappa shape index (κ1) is 11.4. The van der Waals surface area contributed by atoms with Crippen molar-refractivity contribution in [3.63, 3.8) is 0 Å². The van der Waals surface area contributed by atoms with Crippen molar-refractivity contribution in [1.29, 1.82) is 0 Å². The number of imidazole rings is 1. The van der Waals surface area contributed by atoms with Gasteiger partial charge in [0.05, 0.1) is 12.2 Å². The van der Waals surface area contributed by atoms with Crippen molar-refractivity contribution in [1.82, 2.24) is 15.3 Å². The maximum Gasteiger partial charge on any atom is 0.121 e. The first-order valence-corrected chi connectivity index (χ1v) is 5.96. The number of aryl methyl sites for hydroxylation is 1. The van der Waals surface area contributed by atoms with Gasteiger partial charge in [0.25, 0.3) is 0 Å². The highest BCUT2D eigenvalue weighted by atomic mass is 79.9. The van der Waals surface area contributed by atoms with Crippen molar-refractivity contribution in [3.05, 3.63) is 40.3 Å². The second-order valence-corrected chi connectivity index (χ2v) is 4.52. The molecule has 2 rings (SSSR count). The van der Waals surface area contributed by atoms with Crippen LogP contribution in [0.5, 0.6) is 0 Å². The van der Waals surface area contributed by atoms with Crippen molar-refractivity contribution in [3.8, 4) is 11.3 Å². The summed E-state index contributed by atoms with van der Waals surface area (Å²) in [5, 5.41) is 3.09. The van der Waals surface area contributed by atoms with Crippen LogP contribution in [0.25, 0.3) is 11.3 Å². The van der Waals surface area contributed by atoms with Gasteiger partial charge in [0, 0.05) is 15.7 Å². The normalized spacial score (nSPS) is 10.7. The van der Waals surface area contributed by atoms with E-state index in [1.54, 1.807) is 0 Å². The molecule has 2 N–H and O–H groups in total. The van der Waals surface area contributed by atoms with E-state index in [2.05, 4.69) is 37.3 Å². The number of benzene rings is 1. The Labute approximate surface area is 103 Å². The predicted molar refractivity (Wildman–Crippen MR) is 69.2 cm³/mol. The zero-order valence-corrected chi connectivity index (χ0v) is 10.9. The zero-order chi connectivity index (χ0) is 11.5. The number of hydrogen-bond acceptors (Lipinski definition) is 2. The summed E-state index contributed by atoms with van der Waals surface area (Å²) in [6.07, 6.45) is 0. The summed E-state index contributed by atoms with van der Waals surface area (Å²) in [4.78, 5) is 7.86. The Morgan fingerprint density at radius 1 is 1.38 bits per heavy atom. The molecular formula is C12H14BrN3. The molecule has 2 aromatic rings. The molecule has 0 radical (unpaired) electrons. The molecule has 0 aliphatic carbocycles. The van der Waals surface area contributed by atoms with E-state index in [0.717, 1.165) is 33.8 Å². The van der Waals surface area contributed by atoms with Gasteiger partial charge in [-0.25, -0.2) is 4.98 Å². The first-order chi connectivity index (χ1) is 7.72. The first-order valence-electron chi connectivity index (χ1n) is 5.17. The molecular weight excluding hydrogens is 266 g/mol. The molecule has 1 aromatic carbocycles. The Morgan fingerprint density at radius 3 is 2.81 bits per heavy atom. The van der Waals surface area contributed by atoms with Gasteiger partial charge in [-0.05, 0) is 20.0 Å². The van der Waals surface area contributed by atoms with E-state index >= 15 is 0 Å². The second-order valence-electron chi connectivity index (χ2n) is 3.67. The molecule has 0 saturated heterocycles. The summed E-state index contributed by atoms with van der Waals surface area (Å²) in [7, 11) is 1.91. The maximum atomic E-state index is 4.58. The summed E-state index contributed by atoms with van der Waals surface area (Å²) >= 11 is 3.55. The molecule has 4 heteroatoms. The molecule has 16 heavy (non-hydrogen) atoms. The summed E-state index contributed by atoms with van der Waals surface area (Å²) in [6, 6.07) is 8.12. The predicted octanol–water partition coefficient (Wildman–Crippen LogP) is 2.87. The fourth-order valence-corrected chi connectivity index (χ4v) is 2.16. The third-order valence-corrected chi connectivity index (χ3v) is 3.10. The van der Waals surface area contributed by atoms with Crippen LogP contribution in [-0.2, 0) is 6.54 Å². The van der Waals surface area contributed by atoms with Gasteiger partial charge in [0.1, 0.15) is 5.82 Å². The topological polar surface area (TPSA) is 40.7 Å². The molecule has 0 aliphatic heterocycles. The number of H-pyrrole nitrogens is 1. The van der Waals surface area contributed by atoms with Crippen molar-refractivity contribution in [2.75, 3.05) is 7.05 Å². The summed E-state index contributed by atoms with van der Waals surface area (Å²) in [5.74, 6) is 0.964. The fourth-order valence-electron chi connectivity index (χ4n) is 1.69. The number of halogens is 1. The molecule has 0 amide bonds. The Balaban J connectivity index is 2.44. The molecule has 3 nitrogen and oxygen atoms in total. The van der Waals surface area contributed by atoms with Crippen LogP contribution >= 0.6 is 15.9 Å². The lowest BCUT2D eigenvalue weighted by Gasteiger charge is -2.01. The van der Waals surface area contributed by atoms with Crippen LogP contribution < -0.4 is 5.32 Å². The van der Waals surface area contributed by atoms with E-state index in [0.29, 0.717) is 0 Å². The quantitative estimate of drug-likeness (QED) is 0.907. The lowest BCUT2D eigenvalue weighted by atomic mass is 10.1. The maximum absolute atomic E-state index is 4.58. The standard InChI is InChI=1S/C12H14BrN3/c1-8-12(16-11(15-8)7-14-2)9-5-3-4-6-10(9)13/h3-6,14H,7H2,1-2H3,(H,15,16). The van der Waals surface area contributed by atoms with Crippen molar-refractivity contribution >= 4 is 15.9 Å². The molecule has 0 spiro atoms. The Bertz CT molecular complexity index is 491. The lowest BCUT2D eigenvalue weighted by Crippen LogP contribution is -2.06. The monoisotopic (exact) mass is 279 g/mol.